The highest BCUT2D eigenvalue weighted by Gasteiger charge is 2.19. The van der Waals surface area contributed by atoms with Crippen molar-refractivity contribution >= 4 is 28.6 Å². The second-order valence-corrected chi connectivity index (χ2v) is 8.13. The molecule has 0 spiro atoms. The number of thioether (sulfide) groups is 1. The van der Waals surface area contributed by atoms with Gasteiger partial charge in [-0.15, -0.1) is 0 Å². The fraction of sp³-hybridized carbons (Fsp3) is 0.571. The maximum absolute atomic E-state index is 13.0. The molecular formula is C21H31N3O3S. The predicted octanol–water partition coefficient (Wildman–Crippen LogP) is 3.61. The summed E-state index contributed by atoms with van der Waals surface area (Å²) in [5, 5.41) is 3.81. The number of hydrogen-bond acceptors (Lipinski definition) is 5. The molecule has 1 unspecified atom stereocenters. The molecule has 0 aliphatic carbocycles. The van der Waals surface area contributed by atoms with Gasteiger partial charge < -0.3 is 10.1 Å². The van der Waals surface area contributed by atoms with Gasteiger partial charge in [0.1, 0.15) is 0 Å². The molecule has 1 aromatic heterocycles. The second kappa shape index (κ2) is 11.9. The SMILES string of the molecule is CCCCCCn1c(SC(C)C(=O)NCCCOC)nc2ccccc2c1=O. The van der Waals surface area contributed by atoms with Gasteiger partial charge >= 0.3 is 0 Å². The number of fused-ring (bicyclic) bond motifs is 1. The summed E-state index contributed by atoms with van der Waals surface area (Å²) in [6.45, 7) is 5.83. The van der Waals surface area contributed by atoms with Crippen LogP contribution in [0.25, 0.3) is 10.9 Å². The third-order valence-electron chi connectivity index (χ3n) is 4.54. The zero-order valence-corrected chi connectivity index (χ0v) is 17.9. The lowest BCUT2D eigenvalue weighted by Gasteiger charge is -2.16. The second-order valence-electron chi connectivity index (χ2n) is 6.83. The van der Waals surface area contributed by atoms with E-state index >= 15 is 0 Å². The minimum absolute atomic E-state index is 0.0303. The van der Waals surface area contributed by atoms with E-state index < -0.39 is 0 Å². The Labute approximate surface area is 171 Å². The molecular weight excluding hydrogens is 374 g/mol. The van der Waals surface area contributed by atoms with Crippen LogP contribution in [0.2, 0.25) is 0 Å². The van der Waals surface area contributed by atoms with E-state index in [4.69, 9.17) is 9.72 Å². The zero-order chi connectivity index (χ0) is 20.4. The van der Waals surface area contributed by atoms with Crippen LogP contribution in [0.3, 0.4) is 0 Å². The minimum atomic E-state index is -0.336. The van der Waals surface area contributed by atoms with Crippen molar-refractivity contribution in [2.75, 3.05) is 20.3 Å². The van der Waals surface area contributed by atoms with Crippen molar-refractivity contribution in [3.8, 4) is 0 Å². The monoisotopic (exact) mass is 405 g/mol. The molecule has 1 amide bonds. The highest BCUT2D eigenvalue weighted by atomic mass is 32.2. The molecule has 0 radical (unpaired) electrons. The van der Waals surface area contributed by atoms with Gasteiger partial charge in [-0.1, -0.05) is 50.1 Å². The Morgan fingerprint density at radius 3 is 2.79 bits per heavy atom. The Morgan fingerprint density at radius 1 is 1.25 bits per heavy atom. The lowest BCUT2D eigenvalue weighted by molar-refractivity contribution is -0.120. The number of rotatable bonds is 12. The normalized spacial score (nSPS) is 12.2. The van der Waals surface area contributed by atoms with E-state index in [9.17, 15) is 9.59 Å². The third-order valence-corrected chi connectivity index (χ3v) is 5.63. The van der Waals surface area contributed by atoms with Gasteiger partial charge in [0.15, 0.2) is 5.16 Å². The van der Waals surface area contributed by atoms with Gasteiger partial charge in [-0.05, 0) is 31.9 Å². The maximum atomic E-state index is 13.0. The van der Waals surface area contributed by atoms with E-state index in [0.29, 0.717) is 35.8 Å². The number of nitrogens with zero attached hydrogens (tertiary/aromatic N) is 2. The first kappa shape index (κ1) is 22.4. The molecule has 0 aliphatic heterocycles. The molecule has 0 bridgehead atoms. The molecule has 0 fully saturated rings. The molecule has 0 aliphatic rings. The summed E-state index contributed by atoms with van der Waals surface area (Å²) in [5.41, 5.74) is 0.643. The van der Waals surface area contributed by atoms with E-state index in [2.05, 4.69) is 12.2 Å². The first-order chi connectivity index (χ1) is 13.6. The number of nitrogens with one attached hydrogen (secondary N) is 1. The zero-order valence-electron chi connectivity index (χ0n) is 17.1. The number of hydrogen-bond donors (Lipinski definition) is 1. The molecule has 2 aromatic rings. The number of para-hydroxylation sites is 1. The smallest absolute Gasteiger partial charge is 0.262 e. The number of carbonyl (C=O) groups excluding carboxylic acids is 1. The van der Waals surface area contributed by atoms with Gasteiger partial charge in [0.2, 0.25) is 5.91 Å². The molecule has 1 aromatic carbocycles. The predicted molar refractivity (Wildman–Crippen MR) is 115 cm³/mol. The van der Waals surface area contributed by atoms with Crippen LogP contribution >= 0.6 is 11.8 Å². The van der Waals surface area contributed by atoms with Gasteiger partial charge in [-0.25, -0.2) is 4.98 Å². The van der Waals surface area contributed by atoms with Crippen molar-refractivity contribution < 1.29 is 9.53 Å². The van der Waals surface area contributed by atoms with Crippen molar-refractivity contribution in [2.45, 2.75) is 62.9 Å². The Morgan fingerprint density at radius 2 is 2.04 bits per heavy atom. The summed E-state index contributed by atoms with van der Waals surface area (Å²) < 4.78 is 6.73. The van der Waals surface area contributed by atoms with Crippen LogP contribution in [-0.2, 0) is 16.1 Å². The van der Waals surface area contributed by atoms with E-state index in [0.717, 1.165) is 32.1 Å². The van der Waals surface area contributed by atoms with Crippen LogP contribution in [0, 0.1) is 0 Å². The molecule has 0 saturated heterocycles. The van der Waals surface area contributed by atoms with Gasteiger partial charge in [0, 0.05) is 26.8 Å². The van der Waals surface area contributed by atoms with E-state index in [1.807, 2.05) is 31.2 Å². The van der Waals surface area contributed by atoms with Gasteiger partial charge in [0.05, 0.1) is 16.2 Å². The van der Waals surface area contributed by atoms with Crippen LogP contribution in [0.4, 0.5) is 0 Å². The number of carbonyl (C=O) groups is 1. The fourth-order valence-electron chi connectivity index (χ4n) is 2.91. The van der Waals surface area contributed by atoms with Crippen LogP contribution in [0.5, 0.6) is 0 Å². The van der Waals surface area contributed by atoms with Crippen LogP contribution in [0.15, 0.2) is 34.2 Å². The van der Waals surface area contributed by atoms with Crippen molar-refractivity contribution in [3.63, 3.8) is 0 Å². The minimum Gasteiger partial charge on any atom is -0.385 e. The van der Waals surface area contributed by atoms with Crippen LogP contribution in [0.1, 0.15) is 46.0 Å². The number of amides is 1. The summed E-state index contributed by atoms with van der Waals surface area (Å²) in [6.07, 6.45) is 5.08. The fourth-order valence-corrected chi connectivity index (χ4v) is 3.87. The summed E-state index contributed by atoms with van der Waals surface area (Å²) in [5.74, 6) is -0.0546. The molecule has 7 heteroatoms. The molecule has 0 saturated carbocycles. The molecule has 1 atom stereocenters. The number of benzene rings is 1. The lowest BCUT2D eigenvalue weighted by atomic mass is 10.2. The number of methoxy groups -OCH3 is 1. The van der Waals surface area contributed by atoms with E-state index in [1.54, 1.807) is 11.7 Å². The summed E-state index contributed by atoms with van der Waals surface area (Å²) in [7, 11) is 1.64. The molecule has 2 rings (SSSR count). The van der Waals surface area contributed by atoms with Crippen LogP contribution in [-0.4, -0.2) is 41.0 Å². The molecule has 6 nitrogen and oxygen atoms in total. The average Bonchev–Trinajstić information content (AvgIpc) is 2.70. The highest BCUT2D eigenvalue weighted by molar-refractivity contribution is 8.00. The molecule has 1 heterocycles. The average molecular weight is 406 g/mol. The van der Waals surface area contributed by atoms with E-state index in [-0.39, 0.29) is 16.7 Å². The van der Waals surface area contributed by atoms with Crippen molar-refractivity contribution in [3.05, 3.63) is 34.6 Å². The summed E-state index contributed by atoms with van der Waals surface area (Å²) in [4.78, 5) is 30.1. The summed E-state index contributed by atoms with van der Waals surface area (Å²) >= 11 is 1.34. The quantitative estimate of drug-likeness (QED) is 0.332. The highest BCUT2D eigenvalue weighted by Crippen LogP contribution is 2.23. The Balaban J connectivity index is 2.18. The summed E-state index contributed by atoms with van der Waals surface area (Å²) in [6, 6.07) is 7.39. The number of aromatic nitrogens is 2. The Bertz CT molecular complexity index is 822. The maximum Gasteiger partial charge on any atom is 0.262 e. The van der Waals surface area contributed by atoms with Gasteiger partial charge in [-0.2, -0.15) is 0 Å². The lowest BCUT2D eigenvalue weighted by Crippen LogP contribution is -2.33. The Hall–Kier alpha value is -1.86. The molecule has 1 N–H and O–H groups in total. The topological polar surface area (TPSA) is 73.2 Å². The standard InChI is InChI=1S/C21H31N3O3S/c1-4-5-6-9-14-24-20(26)17-11-7-8-12-18(17)23-21(24)28-16(2)19(25)22-13-10-15-27-3/h7-8,11-12,16H,4-6,9-10,13-15H2,1-3H3,(H,22,25). The Kier molecular flexibility index (Phi) is 9.50. The largest absolute Gasteiger partial charge is 0.385 e. The third kappa shape index (κ3) is 6.34. The number of unbranched alkanes of at least 4 members (excludes halogenated alkanes) is 3. The first-order valence-electron chi connectivity index (χ1n) is 10.0. The van der Waals surface area contributed by atoms with Crippen molar-refractivity contribution in [1.29, 1.82) is 0 Å². The van der Waals surface area contributed by atoms with Crippen molar-refractivity contribution in [2.24, 2.45) is 0 Å². The number of ether oxygens (including phenoxy) is 1. The van der Waals surface area contributed by atoms with Gasteiger partial charge in [0.25, 0.3) is 5.56 Å². The molecule has 154 valence electrons. The molecule has 28 heavy (non-hydrogen) atoms. The van der Waals surface area contributed by atoms with Crippen LogP contribution < -0.4 is 10.9 Å². The first-order valence-corrected chi connectivity index (χ1v) is 10.9. The van der Waals surface area contributed by atoms with E-state index in [1.165, 1.54) is 11.8 Å². The van der Waals surface area contributed by atoms with Gasteiger partial charge in [-0.3, -0.25) is 14.2 Å². The van der Waals surface area contributed by atoms with Crippen molar-refractivity contribution in [1.82, 2.24) is 14.9 Å².